The smallest absolute Gasteiger partial charge is 0.300 e. The third kappa shape index (κ3) is 5.02. The van der Waals surface area contributed by atoms with Crippen molar-refractivity contribution in [2.24, 2.45) is 0 Å². The first-order chi connectivity index (χ1) is 17.0. The summed E-state index contributed by atoms with van der Waals surface area (Å²) in [5.41, 5.74) is 2.74. The summed E-state index contributed by atoms with van der Waals surface area (Å²) in [7, 11) is 0. The Morgan fingerprint density at radius 1 is 0.917 bits per heavy atom. The summed E-state index contributed by atoms with van der Waals surface area (Å²) < 4.78 is 5.76. The molecule has 1 fully saturated rings. The maximum absolute atomic E-state index is 13.4. The van der Waals surface area contributed by atoms with Gasteiger partial charge in [0.2, 0.25) is 0 Å². The minimum absolute atomic E-state index is 0.00715. The van der Waals surface area contributed by atoms with E-state index in [4.69, 9.17) is 16.3 Å². The van der Waals surface area contributed by atoms with Crippen LogP contribution in [-0.4, -0.2) is 22.9 Å². The first kappa shape index (κ1) is 25.5. The van der Waals surface area contributed by atoms with Crippen LogP contribution in [0.25, 0.3) is 5.76 Å². The minimum Gasteiger partial charge on any atom is -0.507 e. The molecule has 1 aliphatic heterocycles. The van der Waals surface area contributed by atoms with Crippen molar-refractivity contribution in [2.75, 3.05) is 4.90 Å². The van der Waals surface area contributed by atoms with E-state index in [1.165, 1.54) is 4.90 Å². The van der Waals surface area contributed by atoms with Gasteiger partial charge >= 0.3 is 0 Å². The van der Waals surface area contributed by atoms with Gasteiger partial charge in [-0.15, -0.1) is 0 Å². The van der Waals surface area contributed by atoms with Gasteiger partial charge in [-0.2, -0.15) is 0 Å². The second-order valence-electron chi connectivity index (χ2n) is 10.2. The van der Waals surface area contributed by atoms with Gasteiger partial charge in [-0.3, -0.25) is 14.5 Å². The zero-order chi connectivity index (χ0) is 26.2. The number of amides is 1. The molecule has 0 aliphatic carbocycles. The van der Waals surface area contributed by atoms with Gasteiger partial charge in [-0.25, -0.2) is 0 Å². The number of hydrogen-bond donors (Lipinski definition) is 1. The van der Waals surface area contributed by atoms with E-state index in [1.807, 2.05) is 50.2 Å². The fourth-order valence-corrected chi connectivity index (χ4v) is 4.43. The molecule has 1 unspecified atom stereocenters. The number of aliphatic hydroxyl groups excluding tert-OH is 1. The molecule has 36 heavy (non-hydrogen) atoms. The molecule has 3 aromatic carbocycles. The van der Waals surface area contributed by atoms with Gasteiger partial charge in [0.1, 0.15) is 11.5 Å². The quantitative estimate of drug-likeness (QED) is 0.230. The molecule has 6 heteroatoms. The van der Waals surface area contributed by atoms with Crippen molar-refractivity contribution in [2.45, 2.75) is 52.2 Å². The molecular formula is C30H30ClNO4. The van der Waals surface area contributed by atoms with Crippen LogP contribution in [0.5, 0.6) is 5.75 Å². The number of aliphatic hydroxyl groups is 1. The molecule has 0 aromatic heterocycles. The zero-order valence-corrected chi connectivity index (χ0v) is 21.8. The number of halogens is 1. The average molecular weight is 504 g/mol. The van der Waals surface area contributed by atoms with Crippen LogP contribution in [0.2, 0.25) is 5.02 Å². The van der Waals surface area contributed by atoms with Crippen LogP contribution in [0.15, 0.2) is 78.4 Å². The third-order valence-corrected chi connectivity index (χ3v) is 6.39. The normalized spacial score (nSPS) is 17.6. The van der Waals surface area contributed by atoms with E-state index in [0.29, 0.717) is 27.6 Å². The molecule has 0 saturated carbocycles. The summed E-state index contributed by atoms with van der Waals surface area (Å²) in [6, 6.07) is 20.6. The van der Waals surface area contributed by atoms with E-state index < -0.39 is 17.7 Å². The van der Waals surface area contributed by atoms with Crippen molar-refractivity contribution >= 4 is 34.7 Å². The van der Waals surface area contributed by atoms with Crippen molar-refractivity contribution in [1.29, 1.82) is 0 Å². The number of hydrogen-bond acceptors (Lipinski definition) is 4. The predicted octanol–water partition coefficient (Wildman–Crippen LogP) is 7.05. The molecule has 1 atom stereocenters. The molecule has 1 N–H and O–H groups in total. The van der Waals surface area contributed by atoms with E-state index in [-0.39, 0.29) is 22.9 Å². The molecule has 1 saturated heterocycles. The van der Waals surface area contributed by atoms with E-state index >= 15 is 0 Å². The highest BCUT2D eigenvalue weighted by Crippen LogP contribution is 2.43. The highest BCUT2D eigenvalue weighted by atomic mass is 35.5. The Morgan fingerprint density at radius 2 is 1.50 bits per heavy atom. The standard InChI is InChI=1S/C30H30ClNO4/c1-18(2)36-24-16-8-19(9-17-24)26-25(27(33)20-6-12-22(31)13-7-20)28(34)29(35)32(26)23-14-10-21(11-15-23)30(3,4)5/h6-18,26,33H,1-5H3/b27-25+. The van der Waals surface area contributed by atoms with Gasteiger partial charge in [-0.1, -0.05) is 56.6 Å². The number of carbonyl (C=O) groups is 2. The SMILES string of the molecule is CC(C)Oc1ccc(C2/C(=C(\O)c3ccc(Cl)cc3)C(=O)C(=O)N2c2ccc(C(C)(C)C)cc2)cc1. The highest BCUT2D eigenvalue weighted by molar-refractivity contribution is 6.51. The number of ketones is 1. The van der Waals surface area contributed by atoms with Crippen molar-refractivity contribution in [3.63, 3.8) is 0 Å². The lowest BCUT2D eigenvalue weighted by Crippen LogP contribution is -2.29. The third-order valence-electron chi connectivity index (χ3n) is 6.14. The molecule has 1 heterocycles. The molecule has 5 nitrogen and oxygen atoms in total. The van der Waals surface area contributed by atoms with Crippen LogP contribution >= 0.6 is 11.6 Å². The van der Waals surface area contributed by atoms with Gasteiger partial charge in [0.25, 0.3) is 11.7 Å². The van der Waals surface area contributed by atoms with E-state index in [0.717, 1.165) is 5.56 Å². The number of ether oxygens (including phenoxy) is 1. The van der Waals surface area contributed by atoms with Crippen molar-refractivity contribution in [3.05, 3.63) is 100 Å². The van der Waals surface area contributed by atoms with E-state index in [2.05, 4.69) is 20.8 Å². The lowest BCUT2D eigenvalue weighted by molar-refractivity contribution is -0.132. The second-order valence-corrected chi connectivity index (χ2v) is 10.6. The van der Waals surface area contributed by atoms with Gasteiger partial charge < -0.3 is 9.84 Å². The molecule has 3 aromatic rings. The van der Waals surface area contributed by atoms with E-state index in [1.54, 1.807) is 36.4 Å². The number of anilines is 1. The van der Waals surface area contributed by atoms with Crippen LogP contribution in [0.1, 0.15) is 57.4 Å². The minimum atomic E-state index is -0.811. The van der Waals surface area contributed by atoms with Crippen molar-refractivity contribution in [1.82, 2.24) is 0 Å². The molecule has 4 rings (SSSR count). The van der Waals surface area contributed by atoms with Gasteiger partial charge in [0.15, 0.2) is 0 Å². The Kier molecular flexibility index (Phi) is 6.96. The van der Waals surface area contributed by atoms with Crippen LogP contribution in [0.3, 0.4) is 0 Å². The number of Topliss-reactive ketones (excluding diaryl/α,β-unsaturated/α-hetero) is 1. The lowest BCUT2D eigenvalue weighted by Gasteiger charge is -2.27. The highest BCUT2D eigenvalue weighted by Gasteiger charge is 2.47. The van der Waals surface area contributed by atoms with Crippen molar-refractivity contribution in [3.8, 4) is 5.75 Å². The summed E-state index contributed by atoms with van der Waals surface area (Å²) in [5.74, 6) is -0.999. The fraction of sp³-hybridized carbons (Fsp3) is 0.267. The largest absolute Gasteiger partial charge is 0.507 e. The average Bonchev–Trinajstić information content (AvgIpc) is 3.09. The maximum atomic E-state index is 13.4. The Labute approximate surface area is 217 Å². The first-order valence-electron chi connectivity index (χ1n) is 11.9. The second kappa shape index (κ2) is 9.82. The summed E-state index contributed by atoms with van der Waals surface area (Å²) >= 11 is 6.01. The monoisotopic (exact) mass is 503 g/mol. The maximum Gasteiger partial charge on any atom is 0.300 e. The molecule has 186 valence electrons. The molecule has 0 radical (unpaired) electrons. The van der Waals surface area contributed by atoms with Gasteiger partial charge in [0.05, 0.1) is 17.7 Å². The summed E-state index contributed by atoms with van der Waals surface area (Å²) in [6.07, 6.45) is 0.00715. The van der Waals surface area contributed by atoms with Crippen LogP contribution in [0.4, 0.5) is 5.69 Å². The first-order valence-corrected chi connectivity index (χ1v) is 12.3. The van der Waals surface area contributed by atoms with Gasteiger partial charge in [-0.05, 0) is 78.9 Å². The molecule has 0 spiro atoms. The van der Waals surface area contributed by atoms with Gasteiger partial charge in [0, 0.05) is 16.3 Å². The number of rotatable bonds is 5. The van der Waals surface area contributed by atoms with Crippen LogP contribution in [-0.2, 0) is 15.0 Å². The van der Waals surface area contributed by atoms with Crippen molar-refractivity contribution < 1.29 is 19.4 Å². The lowest BCUT2D eigenvalue weighted by atomic mass is 9.87. The Morgan fingerprint density at radius 3 is 2.03 bits per heavy atom. The number of benzene rings is 3. The Bertz CT molecular complexity index is 1300. The summed E-state index contributed by atoms with van der Waals surface area (Å²) in [6.45, 7) is 10.2. The topological polar surface area (TPSA) is 66.8 Å². The molecular weight excluding hydrogens is 474 g/mol. The molecule has 0 bridgehead atoms. The zero-order valence-electron chi connectivity index (χ0n) is 21.1. The molecule has 1 aliphatic rings. The predicted molar refractivity (Wildman–Crippen MR) is 144 cm³/mol. The fourth-order valence-electron chi connectivity index (χ4n) is 4.30. The summed E-state index contributed by atoms with van der Waals surface area (Å²) in [4.78, 5) is 28.2. The number of carbonyl (C=O) groups excluding carboxylic acids is 2. The Balaban J connectivity index is 1.86. The van der Waals surface area contributed by atoms with Crippen LogP contribution in [0, 0.1) is 0 Å². The van der Waals surface area contributed by atoms with E-state index in [9.17, 15) is 14.7 Å². The van der Waals surface area contributed by atoms with Crippen LogP contribution < -0.4 is 9.64 Å². The molecule has 1 amide bonds. The Hall–Kier alpha value is -3.57. The summed E-state index contributed by atoms with van der Waals surface area (Å²) in [5, 5.41) is 11.7. The number of nitrogens with zero attached hydrogens (tertiary/aromatic N) is 1.